The molecule has 3 rings (SSSR count). The van der Waals surface area contributed by atoms with E-state index in [0.29, 0.717) is 10.2 Å². The van der Waals surface area contributed by atoms with Crippen LogP contribution in [0.1, 0.15) is 10.4 Å². The molecule has 0 bridgehead atoms. The molecule has 3 nitrogen and oxygen atoms in total. The van der Waals surface area contributed by atoms with Crippen molar-refractivity contribution < 1.29 is 4.79 Å². The monoisotopic (exact) mass is 354 g/mol. The van der Waals surface area contributed by atoms with Gasteiger partial charge < -0.3 is 0 Å². The van der Waals surface area contributed by atoms with Crippen LogP contribution in [0.5, 0.6) is 0 Å². The Morgan fingerprint density at radius 1 is 1.12 bits per heavy atom. The number of nitrogens with zero attached hydrogens (tertiary/aromatic N) is 1. The zero-order chi connectivity index (χ0) is 16.9. The van der Waals surface area contributed by atoms with Crippen LogP contribution in [0.15, 0.2) is 60.7 Å². The summed E-state index contributed by atoms with van der Waals surface area (Å²) >= 11 is 7.37. The van der Waals surface area contributed by atoms with E-state index in [1.165, 1.54) is 17.4 Å². The van der Waals surface area contributed by atoms with Crippen LogP contribution in [0.3, 0.4) is 0 Å². The zero-order valence-electron chi connectivity index (χ0n) is 13.0. The van der Waals surface area contributed by atoms with Crippen LogP contribution in [0.4, 0.5) is 5.13 Å². The van der Waals surface area contributed by atoms with Crippen LogP contribution in [0.25, 0.3) is 17.3 Å². The van der Waals surface area contributed by atoms with Crippen molar-refractivity contribution in [3.05, 3.63) is 76.1 Å². The van der Waals surface area contributed by atoms with E-state index in [2.05, 4.69) is 10.3 Å². The molecule has 0 saturated heterocycles. The molecule has 2 aromatic carbocycles. The third kappa shape index (κ3) is 4.10. The lowest BCUT2D eigenvalue weighted by Crippen LogP contribution is -2.07. The molecule has 0 aliphatic carbocycles. The average molecular weight is 355 g/mol. The molecule has 0 radical (unpaired) electrons. The molecule has 5 heteroatoms. The highest BCUT2D eigenvalue weighted by molar-refractivity contribution is 7.16. The molecule has 1 heterocycles. The second-order valence-electron chi connectivity index (χ2n) is 5.16. The van der Waals surface area contributed by atoms with Crippen LogP contribution in [0.2, 0.25) is 5.02 Å². The number of halogens is 1. The van der Waals surface area contributed by atoms with Gasteiger partial charge in [-0.25, -0.2) is 4.98 Å². The van der Waals surface area contributed by atoms with Crippen molar-refractivity contribution in [2.24, 2.45) is 0 Å². The summed E-state index contributed by atoms with van der Waals surface area (Å²) in [5.41, 5.74) is 2.82. The van der Waals surface area contributed by atoms with Crippen molar-refractivity contribution in [2.75, 3.05) is 5.32 Å². The van der Waals surface area contributed by atoms with E-state index >= 15 is 0 Å². The second-order valence-corrected chi connectivity index (χ2v) is 6.80. The smallest absolute Gasteiger partial charge is 0.250 e. The van der Waals surface area contributed by atoms with Crippen LogP contribution >= 0.6 is 22.9 Å². The second kappa shape index (κ2) is 7.43. The third-order valence-electron chi connectivity index (χ3n) is 3.37. The lowest BCUT2D eigenvalue weighted by atomic mass is 10.1. The highest BCUT2D eigenvalue weighted by Gasteiger charge is 2.11. The minimum atomic E-state index is -0.199. The predicted octanol–water partition coefficient (Wildman–Crippen LogP) is 5.42. The van der Waals surface area contributed by atoms with E-state index in [4.69, 9.17) is 11.6 Å². The van der Waals surface area contributed by atoms with E-state index in [0.717, 1.165) is 21.7 Å². The van der Waals surface area contributed by atoms with Gasteiger partial charge >= 0.3 is 0 Å². The van der Waals surface area contributed by atoms with Gasteiger partial charge in [0.1, 0.15) is 0 Å². The van der Waals surface area contributed by atoms with E-state index in [1.54, 1.807) is 6.08 Å². The molecule has 0 unspecified atom stereocenters. The summed E-state index contributed by atoms with van der Waals surface area (Å²) in [6.07, 6.45) is 3.28. The quantitative estimate of drug-likeness (QED) is 0.635. The van der Waals surface area contributed by atoms with Crippen molar-refractivity contribution in [2.45, 2.75) is 6.92 Å². The number of carbonyl (C=O) groups is 1. The Hall–Kier alpha value is -2.43. The number of rotatable bonds is 4. The van der Waals surface area contributed by atoms with Gasteiger partial charge in [0.25, 0.3) is 0 Å². The van der Waals surface area contributed by atoms with Crippen LogP contribution < -0.4 is 5.32 Å². The van der Waals surface area contributed by atoms with E-state index < -0.39 is 0 Å². The highest BCUT2D eigenvalue weighted by atomic mass is 35.5. The molecule has 24 heavy (non-hydrogen) atoms. The van der Waals surface area contributed by atoms with Gasteiger partial charge in [0.15, 0.2) is 5.13 Å². The zero-order valence-corrected chi connectivity index (χ0v) is 14.6. The molecular formula is C19H15ClN2OS. The number of carbonyl (C=O) groups excluding carboxylic acids is 1. The molecule has 1 N–H and O–H groups in total. The number of nitrogens with one attached hydrogen (secondary N) is 1. The summed E-state index contributed by atoms with van der Waals surface area (Å²) in [5.74, 6) is -0.199. The van der Waals surface area contributed by atoms with Crippen molar-refractivity contribution >= 4 is 40.1 Å². The molecule has 0 atom stereocenters. The fourth-order valence-electron chi connectivity index (χ4n) is 2.21. The highest BCUT2D eigenvalue weighted by Crippen LogP contribution is 2.31. The molecule has 0 fully saturated rings. The predicted molar refractivity (Wildman–Crippen MR) is 101 cm³/mol. The molecule has 0 spiro atoms. The van der Waals surface area contributed by atoms with Crippen LogP contribution in [-0.4, -0.2) is 10.9 Å². The van der Waals surface area contributed by atoms with Gasteiger partial charge in [-0.05, 0) is 30.7 Å². The summed E-state index contributed by atoms with van der Waals surface area (Å²) in [7, 11) is 0. The van der Waals surface area contributed by atoms with Gasteiger partial charge in [-0.2, -0.15) is 0 Å². The van der Waals surface area contributed by atoms with Crippen molar-refractivity contribution in [3.8, 4) is 11.3 Å². The lowest BCUT2D eigenvalue weighted by Gasteiger charge is -1.98. The topological polar surface area (TPSA) is 42.0 Å². The number of hydrogen-bond acceptors (Lipinski definition) is 3. The number of benzene rings is 2. The number of aromatic nitrogens is 1. The van der Waals surface area contributed by atoms with E-state index in [-0.39, 0.29) is 5.91 Å². The fourth-order valence-corrected chi connectivity index (χ4v) is 3.17. The standard InChI is InChI=1S/C19H15ClN2OS/c1-13-18(15-8-10-16(20)11-9-15)22-19(24-13)21-17(23)12-7-14-5-3-2-4-6-14/h2-12H,1H3,(H,21,22,23)/b12-7+. The van der Waals surface area contributed by atoms with Gasteiger partial charge in [0, 0.05) is 21.5 Å². The maximum atomic E-state index is 12.0. The average Bonchev–Trinajstić information content (AvgIpc) is 2.95. The van der Waals surface area contributed by atoms with Crippen LogP contribution in [0, 0.1) is 6.92 Å². The summed E-state index contributed by atoms with van der Waals surface area (Å²) in [5, 5.41) is 4.08. The first-order valence-electron chi connectivity index (χ1n) is 7.39. The molecule has 1 aromatic heterocycles. The Labute approximate surface area is 149 Å². The normalized spacial score (nSPS) is 10.9. The van der Waals surface area contributed by atoms with E-state index in [1.807, 2.05) is 61.5 Å². The van der Waals surface area contributed by atoms with Gasteiger partial charge in [-0.3, -0.25) is 10.1 Å². The first kappa shape index (κ1) is 16.4. The Balaban J connectivity index is 1.72. The number of amides is 1. The molecule has 0 saturated carbocycles. The number of aryl methyl sites for hydroxylation is 1. The molecular weight excluding hydrogens is 340 g/mol. The Kier molecular flexibility index (Phi) is 5.08. The summed E-state index contributed by atoms with van der Waals surface area (Å²) in [4.78, 5) is 17.6. The maximum Gasteiger partial charge on any atom is 0.250 e. The first-order chi connectivity index (χ1) is 11.6. The van der Waals surface area contributed by atoms with Crippen LogP contribution in [-0.2, 0) is 4.79 Å². The van der Waals surface area contributed by atoms with E-state index in [9.17, 15) is 4.79 Å². The lowest BCUT2D eigenvalue weighted by molar-refractivity contribution is -0.111. The largest absolute Gasteiger partial charge is 0.298 e. The Morgan fingerprint density at radius 3 is 2.54 bits per heavy atom. The Morgan fingerprint density at radius 2 is 1.83 bits per heavy atom. The van der Waals surface area contributed by atoms with Gasteiger partial charge in [-0.1, -0.05) is 54.1 Å². The number of anilines is 1. The molecule has 1 amide bonds. The molecule has 3 aromatic rings. The molecule has 120 valence electrons. The van der Waals surface area contributed by atoms with Crippen molar-refractivity contribution in [1.82, 2.24) is 4.98 Å². The van der Waals surface area contributed by atoms with Crippen molar-refractivity contribution in [1.29, 1.82) is 0 Å². The first-order valence-corrected chi connectivity index (χ1v) is 8.59. The number of hydrogen-bond donors (Lipinski definition) is 1. The number of thiazole rings is 1. The molecule has 0 aliphatic heterocycles. The minimum Gasteiger partial charge on any atom is -0.298 e. The summed E-state index contributed by atoms with van der Waals surface area (Å²) in [6.45, 7) is 1.98. The van der Waals surface area contributed by atoms with Gasteiger partial charge in [-0.15, -0.1) is 11.3 Å². The summed E-state index contributed by atoms with van der Waals surface area (Å²) < 4.78 is 0. The third-order valence-corrected chi connectivity index (χ3v) is 4.51. The maximum absolute atomic E-state index is 12.0. The Bertz CT molecular complexity index is 870. The van der Waals surface area contributed by atoms with Crippen molar-refractivity contribution in [3.63, 3.8) is 0 Å². The SMILES string of the molecule is Cc1sc(NC(=O)/C=C/c2ccccc2)nc1-c1ccc(Cl)cc1. The fraction of sp³-hybridized carbons (Fsp3) is 0.0526. The van der Waals surface area contributed by atoms with Gasteiger partial charge in [0.2, 0.25) is 5.91 Å². The van der Waals surface area contributed by atoms with Gasteiger partial charge in [0.05, 0.1) is 5.69 Å². The molecule has 0 aliphatic rings. The minimum absolute atomic E-state index is 0.199. The summed E-state index contributed by atoms with van der Waals surface area (Å²) in [6, 6.07) is 17.2.